The van der Waals surface area contributed by atoms with E-state index in [1.165, 1.54) is 0 Å². The first kappa shape index (κ1) is 16.8. The Kier molecular flexibility index (Phi) is 5.96. The van der Waals surface area contributed by atoms with Gasteiger partial charge in [0.05, 0.1) is 0 Å². The van der Waals surface area contributed by atoms with E-state index >= 15 is 0 Å². The largest absolute Gasteiger partial charge is 0.375 e. The Bertz CT molecular complexity index is 562. The molecule has 0 bridgehead atoms. The van der Waals surface area contributed by atoms with Crippen molar-refractivity contribution >= 4 is 23.5 Å². The van der Waals surface area contributed by atoms with Crippen LogP contribution < -0.4 is 20.9 Å². The summed E-state index contributed by atoms with van der Waals surface area (Å²) in [4.78, 5) is 36.7. The molecule has 1 atom stereocenters. The molecular formula is C16H22N4O3. The molecule has 1 aliphatic heterocycles. The van der Waals surface area contributed by atoms with E-state index in [2.05, 4.69) is 20.9 Å². The molecule has 1 heterocycles. The van der Waals surface area contributed by atoms with Crippen molar-refractivity contribution in [1.82, 2.24) is 16.0 Å². The Labute approximate surface area is 135 Å². The quantitative estimate of drug-likeness (QED) is 0.671. The summed E-state index contributed by atoms with van der Waals surface area (Å²) in [7, 11) is 2.00. The highest BCUT2D eigenvalue weighted by molar-refractivity contribution is 5.98. The summed E-state index contributed by atoms with van der Waals surface area (Å²) in [6.45, 7) is 1.32. The summed E-state index contributed by atoms with van der Waals surface area (Å²) in [6.07, 6.45) is 1.26. The van der Waals surface area contributed by atoms with Crippen LogP contribution in [0.2, 0.25) is 0 Å². The Morgan fingerprint density at radius 3 is 2.78 bits per heavy atom. The second-order valence-electron chi connectivity index (χ2n) is 5.51. The lowest BCUT2D eigenvalue weighted by molar-refractivity contribution is -0.123. The molecule has 2 rings (SSSR count). The lowest BCUT2D eigenvalue weighted by atomic mass is 10.1. The summed E-state index contributed by atoms with van der Waals surface area (Å²) in [6, 6.07) is 8.73. The lowest BCUT2D eigenvalue weighted by Crippen LogP contribution is -2.48. The fourth-order valence-corrected chi connectivity index (χ4v) is 2.39. The van der Waals surface area contributed by atoms with E-state index in [0.717, 1.165) is 18.7 Å². The number of benzene rings is 1. The predicted octanol–water partition coefficient (Wildman–Crippen LogP) is 0.617. The van der Waals surface area contributed by atoms with Gasteiger partial charge < -0.3 is 15.5 Å². The smallest absolute Gasteiger partial charge is 0.322 e. The maximum atomic E-state index is 12.0. The second kappa shape index (κ2) is 8.17. The zero-order valence-corrected chi connectivity index (χ0v) is 13.2. The van der Waals surface area contributed by atoms with Crippen molar-refractivity contribution in [2.75, 3.05) is 25.0 Å². The van der Waals surface area contributed by atoms with E-state index in [4.69, 9.17) is 0 Å². The average Bonchev–Trinajstić information content (AvgIpc) is 2.72. The molecule has 0 saturated carbocycles. The molecule has 0 aliphatic carbocycles. The number of amides is 4. The van der Waals surface area contributed by atoms with Gasteiger partial charge in [0.2, 0.25) is 11.8 Å². The van der Waals surface area contributed by atoms with Gasteiger partial charge in [-0.2, -0.15) is 0 Å². The van der Waals surface area contributed by atoms with Gasteiger partial charge in [0.15, 0.2) is 0 Å². The first-order chi connectivity index (χ1) is 11.1. The van der Waals surface area contributed by atoms with Crippen molar-refractivity contribution in [3.05, 3.63) is 30.3 Å². The van der Waals surface area contributed by atoms with E-state index in [-0.39, 0.29) is 18.2 Å². The summed E-state index contributed by atoms with van der Waals surface area (Å²) < 4.78 is 0. The predicted molar refractivity (Wildman–Crippen MR) is 87.0 cm³/mol. The molecule has 1 aliphatic rings. The van der Waals surface area contributed by atoms with Gasteiger partial charge in [-0.1, -0.05) is 18.2 Å². The normalized spacial score (nSPS) is 17.7. The van der Waals surface area contributed by atoms with E-state index in [1.807, 2.05) is 37.4 Å². The van der Waals surface area contributed by atoms with Crippen molar-refractivity contribution in [1.29, 1.82) is 0 Å². The van der Waals surface area contributed by atoms with Crippen molar-refractivity contribution in [3.8, 4) is 0 Å². The van der Waals surface area contributed by atoms with Crippen LogP contribution in [-0.4, -0.2) is 44.0 Å². The molecule has 7 heteroatoms. The molecule has 124 valence electrons. The molecule has 7 nitrogen and oxygen atoms in total. The van der Waals surface area contributed by atoms with Gasteiger partial charge in [0.25, 0.3) is 0 Å². The monoisotopic (exact) mass is 318 g/mol. The van der Waals surface area contributed by atoms with Gasteiger partial charge in [-0.05, 0) is 25.0 Å². The molecule has 0 radical (unpaired) electrons. The Morgan fingerprint density at radius 1 is 1.30 bits per heavy atom. The molecule has 0 spiro atoms. The van der Waals surface area contributed by atoms with E-state index in [1.54, 1.807) is 0 Å². The Morgan fingerprint density at radius 2 is 2.04 bits per heavy atom. The molecule has 1 saturated heterocycles. The highest BCUT2D eigenvalue weighted by Crippen LogP contribution is 2.10. The van der Waals surface area contributed by atoms with E-state index in [0.29, 0.717) is 13.0 Å². The first-order valence-corrected chi connectivity index (χ1v) is 7.70. The minimum atomic E-state index is -0.659. The Hall–Kier alpha value is -2.57. The van der Waals surface area contributed by atoms with Crippen LogP contribution in [0.5, 0.6) is 0 Å². The van der Waals surface area contributed by atoms with Crippen molar-refractivity contribution in [2.45, 2.75) is 25.3 Å². The number of carbonyl (C=O) groups excluding carboxylic acids is 3. The van der Waals surface area contributed by atoms with Crippen LogP contribution in [0.15, 0.2) is 30.3 Å². The van der Waals surface area contributed by atoms with Crippen molar-refractivity contribution in [3.63, 3.8) is 0 Å². The van der Waals surface area contributed by atoms with Crippen LogP contribution >= 0.6 is 0 Å². The van der Waals surface area contributed by atoms with Crippen LogP contribution in [0.1, 0.15) is 19.3 Å². The number of para-hydroxylation sites is 1. The van der Waals surface area contributed by atoms with Gasteiger partial charge in [-0.15, -0.1) is 0 Å². The third-order valence-electron chi connectivity index (χ3n) is 3.70. The number of imide groups is 1. The van der Waals surface area contributed by atoms with Gasteiger partial charge in [-0.3, -0.25) is 14.9 Å². The molecule has 23 heavy (non-hydrogen) atoms. The SMILES string of the molecule is CN(CCCNC(=O)[C@H]1CCC(=O)NC(=O)N1)c1ccccc1. The number of nitrogens with one attached hydrogen (secondary N) is 3. The molecular weight excluding hydrogens is 296 g/mol. The van der Waals surface area contributed by atoms with Gasteiger partial charge in [0, 0.05) is 32.2 Å². The molecule has 4 amide bonds. The number of hydrogen-bond donors (Lipinski definition) is 3. The number of nitrogens with zero attached hydrogens (tertiary/aromatic N) is 1. The zero-order chi connectivity index (χ0) is 16.7. The summed E-state index contributed by atoms with van der Waals surface area (Å²) in [5, 5.41) is 7.45. The van der Waals surface area contributed by atoms with E-state index in [9.17, 15) is 14.4 Å². The minimum Gasteiger partial charge on any atom is -0.375 e. The highest BCUT2D eigenvalue weighted by atomic mass is 16.2. The van der Waals surface area contributed by atoms with Crippen LogP contribution in [0, 0.1) is 0 Å². The van der Waals surface area contributed by atoms with Crippen LogP contribution in [-0.2, 0) is 9.59 Å². The number of rotatable bonds is 6. The summed E-state index contributed by atoms with van der Waals surface area (Å²) in [5.74, 6) is -0.612. The lowest BCUT2D eigenvalue weighted by Gasteiger charge is -2.20. The molecule has 0 unspecified atom stereocenters. The third kappa shape index (κ3) is 5.28. The maximum Gasteiger partial charge on any atom is 0.322 e. The average molecular weight is 318 g/mol. The van der Waals surface area contributed by atoms with Gasteiger partial charge >= 0.3 is 6.03 Å². The zero-order valence-electron chi connectivity index (χ0n) is 13.2. The molecule has 0 aromatic heterocycles. The number of carbonyl (C=O) groups is 3. The topological polar surface area (TPSA) is 90.5 Å². The molecule has 1 aromatic rings. The van der Waals surface area contributed by atoms with Crippen LogP contribution in [0.3, 0.4) is 0 Å². The van der Waals surface area contributed by atoms with Gasteiger partial charge in [0.1, 0.15) is 6.04 Å². The number of urea groups is 1. The molecule has 1 fully saturated rings. The maximum absolute atomic E-state index is 12.0. The highest BCUT2D eigenvalue weighted by Gasteiger charge is 2.25. The fourth-order valence-electron chi connectivity index (χ4n) is 2.39. The summed E-state index contributed by atoms with van der Waals surface area (Å²) in [5.41, 5.74) is 1.12. The standard InChI is InChI=1S/C16H22N4O3/c1-20(12-6-3-2-4-7-12)11-5-10-17-15(22)13-8-9-14(21)19-16(23)18-13/h2-4,6-7,13H,5,8-11H2,1H3,(H,17,22)(H2,18,19,21,23)/t13-/m1/s1. The second-order valence-corrected chi connectivity index (χ2v) is 5.51. The molecule has 1 aromatic carbocycles. The number of anilines is 1. The summed E-state index contributed by atoms with van der Waals surface area (Å²) >= 11 is 0. The van der Waals surface area contributed by atoms with Crippen molar-refractivity contribution in [2.24, 2.45) is 0 Å². The minimum absolute atomic E-state index is 0.160. The van der Waals surface area contributed by atoms with Gasteiger partial charge in [-0.25, -0.2) is 4.79 Å². The Balaban J connectivity index is 1.70. The van der Waals surface area contributed by atoms with Crippen LogP contribution in [0.25, 0.3) is 0 Å². The fraction of sp³-hybridized carbons (Fsp3) is 0.438. The number of hydrogen-bond acceptors (Lipinski definition) is 4. The van der Waals surface area contributed by atoms with Crippen LogP contribution in [0.4, 0.5) is 10.5 Å². The van der Waals surface area contributed by atoms with Crippen molar-refractivity contribution < 1.29 is 14.4 Å². The van der Waals surface area contributed by atoms with E-state index < -0.39 is 12.1 Å². The first-order valence-electron chi connectivity index (χ1n) is 7.70. The molecule has 3 N–H and O–H groups in total. The third-order valence-corrected chi connectivity index (χ3v) is 3.70.